The van der Waals surface area contributed by atoms with Gasteiger partial charge in [0.15, 0.2) is 0 Å². The normalized spacial score (nSPS) is 14.4. The smallest absolute Gasteiger partial charge is 0.318 e. The first kappa shape index (κ1) is 10.9. The minimum Gasteiger partial charge on any atom is -0.467 e. The van der Waals surface area contributed by atoms with E-state index in [1.54, 1.807) is 13.4 Å². The van der Waals surface area contributed by atoms with E-state index in [9.17, 15) is 0 Å². The molecule has 0 saturated heterocycles. The fourth-order valence-electron chi connectivity index (χ4n) is 2.04. The van der Waals surface area contributed by atoms with Crippen LogP contribution in [0, 0.1) is 6.92 Å². The van der Waals surface area contributed by atoms with Gasteiger partial charge in [-0.3, -0.25) is 0 Å². The number of aryl methyl sites for hydroxylation is 1. The van der Waals surface area contributed by atoms with Crippen molar-refractivity contribution >= 4 is 5.82 Å². The number of nitrogens with zero attached hydrogens (tertiary/aromatic N) is 6. The lowest BCUT2D eigenvalue weighted by atomic mass is 10.3. The number of aromatic nitrogens is 5. The van der Waals surface area contributed by atoms with Crippen LogP contribution in [-0.2, 0) is 13.1 Å². The van der Waals surface area contributed by atoms with Crippen LogP contribution in [0.4, 0.5) is 5.82 Å². The number of methoxy groups -OCH3 is 1. The van der Waals surface area contributed by atoms with Crippen LogP contribution in [0.25, 0.3) is 0 Å². The molecule has 7 heteroatoms. The fraction of sp³-hybridized carbons (Fsp3) is 0.455. The average molecular weight is 246 g/mol. The number of hydrogen-bond donors (Lipinski definition) is 0. The van der Waals surface area contributed by atoms with Gasteiger partial charge < -0.3 is 9.64 Å². The van der Waals surface area contributed by atoms with Crippen LogP contribution in [0.1, 0.15) is 11.5 Å². The average Bonchev–Trinajstić information content (AvgIpc) is 2.85. The molecule has 7 nitrogen and oxygen atoms in total. The predicted octanol–water partition coefficient (Wildman–Crippen LogP) is 0.405. The molecular weight excluding hydrogens is 232 g/mol. The van der Waals surface area contributed by atoms with E-state index in [1.165, 1.54) is 0 Å². The summed E-state index contributed by atoms with van der Waals surface area (Å²) in [7, 11) is 1.57. The van der Waals surface area contributed by atoms with Gasteiger partial charge in [0.1, 0.15) is 18.0 Å². The molecule has 94 valence electrons. The van der Waals surface area contributed by atoms with Crippen LogP contribution in [0.2, 0.25) is 0 Å². The molecule has 3 heterocycles. The van der Waals surface area contributed by atoms with Gasteiger partial charge in [0.05, 0.1) is 20.2 Å². The van der Waals surface area contributed by atoms with Crippen molar-refractivity contribution in [1.82, 2.24) is 24.7 Å². The molecular formula is C11H14N6O. The third-order valence-corrected chi connectivity index (χ3v) is 2.94. The highest BCUT2D eigenvalue weighted by Crippen LogP contribution is 2.20. The van der Waals surface area contributed by atoms with E-state index < -0.39 is 0 Å². The topological polar surface area (TPSA) is 69.0 Å². The lowest BCUT2D eigenvalue weighted by Gasteiger charge is -2.27. The Morgan fingerprint density at radius 2 is 2.17 bits per heavy atom. The largest absolute Gasteiger partial charge is 0.467 e. The number of hydrogen-bond acceptors (Lipinski definition) is 6. The zero-order valence-electron chi connectivity index (χ0n) is 10.4. The summed E-state index contributed by atoms with van der Waals surface area (Å²) < 4.78 is 7.02. The van der Waals surface area contributed by atoms with Crippen molar-refractivity contribution in [2.24, 2.45) is 0 Å². The standard InChI is InChI=1S/C11H14N6O/c1-8-5-9(15-11(14-8)18-2)16-3-4-17-10(6-16)12-7-13-17/h5,7H,3-4,6H2,1-2H3. The predicted molar refractivity (Wildman–Crippen MR) is 64.4 cm³/mol. The monoisotopic (exact) mass is 246 g/mol. The van der Waals surface area contributed by atoms with Crippen molar-refractivity contribution in [3.05, 3.63) is 23.9 Å². The SMILES string of the molecule is COc1nc(C)cc(N2CCn3ncnc3C2)n1. The van der Waals surface area contributed by atoms with E-state index in [0.717, 1.165) is 30.4 Å². The van der Waals surface area contributed by atoms with Crippen LogP contribution >= 0.6 is 0 Å². The van der Waals surface area contributed by atoms with Crippen LogP contribution in [0.5, 0.6) is 6.01 Å². The van der Waals surface area contributed by atoms with Gasteiger partial charge in [-0.1, -0.05) is 0 Å². The molecule has 2 aromatic rings. The molecule has 0 bridgehead atoms. The molecule has 1 aliphatic heterocycles. The van der Waals surface area contributed by atoms with Gasteiger partial charge in [0.25, 0.3) is 0 Å². The van der Waals surface area contributed by atoms with Crippen LogP contribution in [0.3, 0.4) is 0 Å². The molecule has 0 unspecified atom stereocenters. The highest BCUT2D eigenvalue weighted by atomic mass is 16.5. The number of fused-ring (bicyclic) bond motifs is 1. The lowest BCUT2D eigenvalue weighted by Crippen LogP contribution is -2.34. The van der Waals surface area contributed by atoms with Crippen molar-refractivity contribution in [2.45, 2.75) is 20.0 Å². The van der Waals surface area contributed by atoms with E-state index >= 15 is 0 Å². The summed E-state index contributed by atoms with van der Waals surface area (Å²) in [4.78, 5) is 14.9. The summed E-state index contributed by atoms with van der Waals surface area (Å²) in [5, 5.41) is 4.16. The zero-order valence-corrected chi connectivity index (χ0v) is 10.4. The van der Waals surface area contributed by atoms with Crippen LogP contribution in [0.15, 0.2) is 12.4 Å². The van der Waals surface area contributed by atoms with Crippen LogP contribution < -0.4 is 9.64 Å². The summed E-state index contributed by atoms with van der Waals surface area (Å²) in [5.74, 6) is 1.82. The Hall–Kier alpha value is -2.18. The molecule has 0 aliphatic carbocycles. The molecule has 1 aliphatic rings. The molecule has 0 spiro atoms. The fourth-order valence-corrected chi connectivity index (χ4v) is 2.04. The number of anilines is 1. The van der Waals surface area contributed by atoms with E-state index in [2.05, 4.69) is 25.0 Å². The van der Waals surface area contributed by atoms with Crippen molar-refractivity contribution in [1.29, 1.82) is 0 Å². The molecule has 3 rings (SSSR count). The maximum absolute atomic E-state index is 5.10. The summed E-state index contributed by atoms with van der Waals surface area (Å²) in [6.07, 6.45) is 1.59. The minimum atomic E-state index is 0.400. The van der Waals surface area contributed by atoms with Crippen molar-refractivity contribution in [2.75, 3.05) is 18.6 Å². The molecule has 0 radical (unpaired) electrons. The molecule has 0 amide bonds. The van der Waals surface area contributed by atoms with Gasteiger partial charge >= 0.3 is 6.01 Å². The second-order valence-corrected chi connectivity index (χ2v) is 4.18. The minimum absolute atomic E-state index is 0.400. The molecule has 0 fully saturated rings. The Kier molecular flexibility index (Phi) is 2.58. The third-order valence-electron chi connectivity index (χ3n) is 2.94. The third kappa shape index (κ3) is 1.87. The van der Waals surface area contributed by atoms with E-state index in [0.29, 0.717) is 12.6 Å². The quantitative estimate of drug-likeness (QED) is 0.764. The Morgan fingerprint density at radius 1 is 1.28 bits per heavy atom. The first-order valence-corrected chi connectivity index (χ1v) is 5.77. The Morgan fingerprint density at radius 3 is 3.00 bits per heavy atom. The molecule has 2 aromatic heterocycles. The molecule has 0 saturated carbocycles. The highest BCUT2D eigenvalue weighted by molar-refractivity contribution is 5.41. The highest BCUT2D eigenvalue weighted by Gasteiger charge is 2.19. The van der Waals surface area contributed by atoms with Gasteiger partial charge in [-0.2, -0.15) is 10.1 Å². The van der Waals surface area contributed by atoms with Gasteiger partial charge in [-0.25, -0.2) is 14.6 Å². The Balaban J connectivity index is 1.90. The maximum atomic E-state index is 5.10. The van der Waals surface area contributed by atoms with Crippen molar-refractivity contribution in [3.63, 3.8) is 0 Å². The summed E-state index contributed by atoms with van der Waals surface area (Å²) in [6, 6.07) is 2.35. The molecule has 18 heavy (non-hydrogen) atoms. The molecule has 0 aromatic carbocycles. The molecule has 0 atom stereocenters. The van der Waals surface area contributed by atoms with Crippen molar-refractivity contribution in [3.8, 4) is 6.01 Å². The van der Waals surface area contributed by atoms with Gasteiger partial charge in [0, 0.05) is 18.3 Å². The van der Waals surface area contributed by atoms with Gasteiger partial charge in [-0.05, 0) is 6.92 Å². The van der Waals surface area contributed by atoms with Crippen LogP contribution in [-0.4, -0.2) is 38.4 Å². The zero-order chi connectivity index (χ0) is 12.5. The number of ether oxygens (including phenoxy) is 1. The van der Waals surface area contributed by atoms with Gasteiger partial charge in [-0.15, -0.1) is 0 Å². The van der Waals surface area contributed by atoms with E-state index in [1.807, 2.05) is 17.7 Å². The Labute approximate surface area is 104 Å². The number of rotatable bonds is 2. The first-order chi connectivity index (χ1) is 8.76. The summed E-state index contributed by atoms with van der Waals surface area (Å²) in [5.41, 5.74) is 0.892. The second-order valence-electron chi connectivity index (χ2n) is 4.18. The molecule has 0 N–H and O–H groups in total. The second kappa shape index (κ2) is 4.25. The first-order valence-electron chi connectivity index (χ1n) is 5.77. The summed E-state index contributed by atoms with van der Waals surface area (Å²) >= 11 is 0. The summed E-state index contributed by atoms with van der Waals surface area (Å²) in [6.45, 7) is 4.32. The van der Waals surface area contributed by atoms with E-state index in [4.69, 9.17) is 4.74 Å². The Bertz CT molecular complexity index is 566. The van der Waals surface area contributed by atoms with Crippen molar-refractivity contribution < 1.29 is 4.74 Å². The maximum Gasteiger partial charge on any atom is 0.318 e. The van der Waals surface area contributed by atoms with E-state index in [-0.39, 0.29) is 0 Å². The lowest BCUT2D eigenvalue weighted by molar-refractivity contribution is 0.378. The van der Waals surface area contributed by atoms with Gasteiger partial charge in [0.2, 0.25) is 0 Å².